The van der Waals surface area contributed by atoms with Gasteiger partial charge in [-0.3, -0.25) is 10.2 Å². The van der Waals surface area contributed by atoms with Crippen LogP contribution in [0.4, 0.5) is 5.69 Å². The molecule has 2 aromatic rings. The molecule has 0 aliphatic rings. The minimum atomic E-state index is -0.434. The maximum atomic E-state index is 12.2. The topological polar surface area (TPSA) is 74.5 Å². The zero-order valence-electron chi connectivity index (χ0n) is 11.7. The van der Waals surface area contributed by atoms with E-state index in [0.717, 1.165) is 4.47 Å². The van der Waals surface area contributed by atoms with E-state index in [1.54, 1.807) is 55.6 Å². The van der Waals surface area contributed by atoms with Crippen LogP contribution in [0.15, 0.2) is 58.1 Å². The fraction of sp³-hybridized carbons (Fsp3) is 0.0625. The van der Waals surface area contributed by atoms with Crippen LogP contribution in [0.2, 0.25) is 0 Å². The van der Waals surface area contributed by atoms with Gasteiger partial charge in [-0.05, 0) is 48.5 Å². The lowest BCUT2D eigenvalue weighted by Gasteiger charge is -2.03. The first-order chi connectivity index (χ1) is 10.6. The fourth-order valence-electron chi connectivity index (χ4n) is 1.65. The lowest BCUT2D eigenvalue weighted by molar-refractivity contribution is 0.106. The number of ether oxygens (including phenoxy) is 1. The van der Waals surface area contributed by atoms with Gasteiger partial charge in [-0.1, -0.05) is 15.9 Å². The third kappa shape index (κ3) is 3.93. The van der Waals surface area contributed by atoms with E-state index in [1.165, 1.54) is 0 Å². The molecule has 0 unspecified atom stereocenters. The zero-order chi connectivity index (χ0) is 15.9. The monoisotopic (exact) mass is 357 g/mol. The van der Waals surface area contributed by atoms with Crippen LogP contribution >= 0.6 is 15.9 Å². The maximum absolute atomic E-state index is 12.2. The molecule has 0 saturated heterocycles. The Morgan fingerprint density at radius 3 is 2.36 bits per heavy atom. The number of ketones is 1. The van der Waals surface area contributed by atoms with Crippen molar-refractivity contribution in [1.29, 1.82) is 5.26 Å². The molecule has 0 amide bonds. The van der Waals surface area contributed by atoms with Crippen LogP contribution in [0.3, 0.4) is 0 Å². The molecule has 110 valence electrons. The number of nitrogens with one attached hydrogen (secondary N) is 1. The van der Waals surface area contributed by atoms with Gasteiger partial charge in [0.2, 0.25) is 11.5 Å². The van der Waals surface area contributed by atoms with Gasteiger partial charge in [-0.15, -0.1) is 0 Å². The number of halogens is 1. The molecule has 1 N–H and O–H groups in total. The first kappa shape index (κ1) is 15.7. The van der Waals surface area contributed by atoms with Crippen molar-refractivity contribution in [1.82, 2.24) is 0 Å². The largest absolute Gasteiger partial charge is 0.497 e. The van der Waals surface area contributed by atoms with Gasteiger partial charge in [0.05, 0.1) is 12.8 Å². The molecule has 0 fully saturated rings. The summed E-state index contributed by atoms with van der Waals surface area (Å²) in [7, 11) is 1.57. The normalized spacial score (nSPS) is 10.7. The van der Waals surface area contributed by atoms with Gasteiger partial charge in [-0.2, -0.15) is 10.4 Å². The van der Waals surface area contributed by atoms with Gasteiger partial charge in [-0.25, -0.2) is 0 Å². The van der Waals surface area contributed by atoms with Gasteiger partial charge in [0, 0.05) is 10.0 Å². The number of carbonyl (C=O) groups is 1. The highest BCUT2D eigenvalue weighted by Gasteiger charge is 2.13. The second-order valence-electron chi connectivity index (χ2n) is 4.25. The molecule has 0 aliphatic carbocycles. The summed E-state index contributed by atoms with van der Waals surface area (Å²) >= 11 is 3.29. The number of nitriles is 1. The number of methoxy groups -OCH3 is 1. The molecule has 0 heterocycles. The van der Waals surface area contributed by atoms with Crippen LogP contribution in [0, 0.1) is 11.3 Å². The average Bonchev–Trinajstić information content (AvgIpc) is 2.56. The molecule has 0 aliphatic heterocycles. The SMILES string of the molecule is COc1ccc(N/N=C(\C#N)C(=O)c2ccc(Br)cc2)cc1. The summed E-state index contributed by atoms with van der Waals surface area (Å²) in [6.45, 7) is 0. The van der Waals surface area contributed by atoms with Crippen LogP contribution in [0.5, 0.6) is 5.75 Å². The van der Waals surface area contributed by atoms with Crippen LogP contribution in [0.25, 0.3) is 0 Å². The summed E-state index contributed by atoms with van der Waals surface area (Å²) in [6.07, 6.45) is 0. The summed E-state index contributed by atoms with van der Waals surface area (Å²) in [5.41, 5.74) is 3.53. The van der Waals surface area contributed by atoms with E-state index < -0.39 is 5.78 Å². The van der Waals surface area contributed by atoms with Gasteiger partial charge < -0.3 is 4.74 Å². The number of hydrazone groups is 1. The predicted octanol–water partition coefficient (Wildman–Crippen LogP) is 3.63. The first-order valence-electron chi connectivity index (χ1n) is 6.32. The molecular formula is C16H12BrN3O2. The Bertz CT molecular complexity index is 731. The molecule has 0 atom stereocenters. The van der Waals surface area contributed by atoms with E-state index in [2.05, 4.69) is 26.5 Å². The van der Waals surface area contributed by atoms with Gasteiger partial charge in [0.25, 0.3) is 0 Å². The van der Waals surface area contributed by atoms with Crippen molar-refractivity contribution in [3.05, 3.63) is 58.6 Å². The predicted molar refractivity (Wildman–Crippen MR) is 88.1 cm³/mol. The van der Waals surface area contributed by atoms with Crippen LogP contribution in [0.1, 0.15) is 10.4 Å². The van der Waals surface area contributed by atoms with Crippen molar-refractivity contribution >= 4 is 33.1 Å². The Balaban J connectivity index is 2.14. The van der Waals surface area contributed by atoms with Crippen LogP contribution in [-0.2, 0) is 0 Å². The Hall–Kier alpha value is -2.65. The molecule has 22 heavy (non-hydrogen) atoms. The highest BCUT2D eigenvalue weighted by atomic mass is 79.9. The second kappa shape index (κ2) is 7.38. The molecule has 0 spiro atoms. The van der Waals surface area contributed by atoms with E-state index >= 15 is 0 Å². The lowest BCUT2D eigenvalue weighted by Crippen LogP contribution is -2.14. The zero-order valence-corrected chi connectivity index (χ0v) is 13.3. The van der Waals surface area contributed by atoms with E-state index in [-0.39, 0.29) is 5.71 Å². The Morgan fingerprint density at radius 1 is 1.18 bits per heavy atom. The van der Waals surface area contributed by atoms with E-state index in [0.29, 0.717) is 17.0 Å². The second-order valence-corrected chi connectivity index (χ2v) is 5.16. The summed E-state index contributed by atoms with van der Waals surface area (Å²) in [4.78, 5) is 12.2. The van der Waals surface area contributed by atoms with Crippen molar-refractivity contribution in [2.24, 2.45) is 5.10 Å². The number of anilines is 1. The first-order valence-corrected chi connectivity index (χ1v) is 7.11. The maximum Gasteiger partial charge on any atom is 0.223 e. The third-order valence-electron chi connectivity index (χ3n) is 2.81. The summed E-state index contributed by atoms with van der Waals surface area (Å²) in [6, 6.07) is 15.5. The highest BCUT2D eigenvalue weighted by molar-refractivity contribution is 9.10. The summed E-state index contributed by atoms with van der Waals surface area (Å²) < 4.78 is 5.91. The molecule has 2 aromatic carbocycles. The smallest absolute Gasteiger partial charge is 0.223 e. The molecule has 6 heteroatoms. The number of Topliss-reactive ketones (excluding diaryl/α,β-unsaturated/α-hetero) is 1. The molecule has 0 radical (unpaired) electrons. The number of hydrogen-bond acceptors (Lipinski definition) is 5. The molecule has 2 rings (SSSR count). The minimum Gasteiger partial charge on any atom is -0.497 e. The van der Waals surface area contributed by atoms with Crippen molar-refractivity contribution in [3.8, 4) is 11.8 Å². The number of nitrogens with zero attached hydrogens (tertiary/aromatic N) is 2. The molecule has 5 nitrogen and oxygen atoms in total. The number of carbonyl (C=O) groups excluding carboxylic acids is 1. The van der Waals surface area contributed by atoms with Gasteiger partial charge in [0.15, 0.2) is 0 Å². The quantitative estimate of drug-likeness (QED) is 0.503. The van der Waals surface area contributed by atoms with E-state index in [9.17, 15) is 4.79 Å². The number of benzene rings is 2. The van der Waals surface area contributed by atoms with Crippen LogP contribution < -0.4 is 10.2 Å². The standard InChI is InChI=1S/C16H12BrN3O2/c1-22-14-8-6-13(7-9-14)19-20-15(10-18)16(21)11-2-4-12(17)5-3-11/h2-9,19H,1H3/b20-15+. The minimum absolute atomic E-state index is 0.210. The Kier molecular flexibility index (Phi) is 5.28. The Morgan fingerprint density at radius 2 is 1.82 bits per heavy atom. The fourth-order valence-corrected chi connectivity index (χ4v) is 1.91. The molecule has 0 saturated carbocycles. The van der Waals surface area contributed by atoms with Gasteiger partial charge in [0.1, 0.15) is 11.8 Å². The average molecular weight is 358 g/mol. The molecule has 0 bridgehead atoms. The van der Waals surface area contributed by atoms with Crippen molar-refractivity contribution in [2.45, 2.75) is 0 Å². The number of rotatable bonds is 5. The lowest BCUT2D eigenvalue weighted by atomic mass is 10.1. The van der Waals surface area contributed by atoms with E-state index in [4.69, 9.17) is 10.00 Å². The van der Waals surface area contributed by atoms with Crippen molar-refractivity contribution in [3.63, 3.8) is 0 Å². The highest BCUT2D eigenvalue weighted by Crippen LogP contribution is 2.15. The van der Waals surface area contributed by atoms with Crippen LogP contribution in [-0.4, -0.2) is 18.6 Å². The number of hydrogen-bond donors (Lipinski definition) is 1. The van der Waals surface area contributed by atoms with E-state index in [1.807, 2.05) is 6.07 Å². The third-order valence-corrected chi connectivity index (χ3v) is 3.34. The van der Waals surface area contributed by atoms with Crippen molar-refractivity contribution < 1.29 is 9.53 Å². The molecular weight excluding hydrogens is 346 g/mol. The molecule has 0 aromatic heterocycles. The summed E-state index contributed by atoms with van der Waals surface area (Å²) in [5.74, 6) is 0.275. The summed E-state index contributed by atoms with van der Waals surface area (Å²) in [5, 5.41) is 13.0. The Labute approximate surface area is 136 Å². The van der Waals surface area contributed by atoms with Gasteiger partial charge >= 0.3 is 0 Å². The van der Waals surface area contributed by atoms with Crippen molar-refractivity contribution in [2.75, 3.05) is 12.5 Å².